The van der Waals surface area contributed by atoms with E-state index >= 15 is 0 Å². The zero-order valence-corrected chi connectivity index (χ0v) is 23.4. The van der Waals surface area contributed by atoms with Crippen LogP contribution in [0.5, 0.6) is 0 Å². The number of fused-ring (bicyclic) bond motifs is 1. The van der Waals surface area contributed by atoms with Gasteiger partial charge in [0.1, 0.15) is 15.9 Å². The Balaban J connectivity index is 1.73. The molecule has 0 N–H and O–H groups in total. The second kappa shape index (κ2) is 11.5. The van der Waals surface area contributed by atoms with E-state index in [9.17, 15) is 27.6 Å². The molecule has 12 heteroatoms. The van der Waals surface area contributed by atoms with Crippen LogP contribution < -0.4 is 0 Å². The molecule has 0 aromatic heterocycles. The van der Waals surface area contributed by atoms with Gasteiger partial charge in [-0.1, -0.05) is 77.3 Å². The minimum atomic E-state index is -3.62. The molecule has 0 aliphatic carbocycles. The van der Waals surface area contributed by atoms with E-state index in [1.807, 2.05) is 0 Å². The first-order valence-electron chi connectivity index (χ1n) is 11.5. The number of benzene rings is 3. The number of hydrogen-bond acceptors (Lipinski definition) is 7. The molecular formula is C27H20Cl3NO7S. The molecule has 39 heavy (non-hydrogen) atoms. The van der Waals surface area contributed by atoms with Gasteiger partial charge in [0, 0.05) is 22.4 Å². The number of ether oxygens (including phenoxy) is 1. The molecule has 0 bridgehead atoms. The first kappa shape index (κ1) is 28.8. The Labute approximate surface area is 239 Å². The number of amides is 2. The van der Waals surface area contributed by atoms with Gasteiger partial charge in [0.2, 0.25) is 5.78 Å². The highest BCUT2D eigenvalue weighted by atomic mass is 35.5. The molecule has 202 valence electrons. The van der Waals surface area contributed by atoms with Gasteiger partial charge in [0.05, 0.1) is 26.9 Å². The Hall–Kier alpha value is -3.24. The van der Waals surface area contributed by atoms with Crippen LogP contribution in [0.2, 0.25) is 15.1 Å². The van der Waals surface area contributed by atoms with Crippen LogP contribution in [0, 0.1) is 0 Å². The van der Waals surface area contributed by atoms with Gasteiger partial charge in [0.15, 0.2) is 6.10 Å². The van der Waals surface area contributed by atoms with Gasteiger partial charge in [-0.15, -0.1) is 0 Å². The number of ketones is 1. The predicted molar refractivity (Wildman–Crippen MR) is 146 cm³/mol. The van der Waals surface area contributed by atoms with Crippen LogP contribution in [-0.2, 0) is 19.4 Å². The molecule has 1 aliphatic rings. The summed E-state index contributed by atoms with van der Waals surface area (Å²) >= 11 is 18.0. The van der Waals surface area contributed by atoms with Gasteiger partial charge in [-0.2, -0.15) is 0 Å². The third-order valence-corrected chi connectivity index (χ3v) is 7.96. The van der Waals surface area contributed by atoms with E-state index in [2.05, 4.69) is 0 Å². The van der Waals surface area contributed by atoms with E-state index in [-0.39, 0.29) is 32.3 Å². The first-order chi connectivity index (χ1) is 18.4. The average molecular weight is 609 g/mol. The third kappa shape index (κ3) is 6.33. The van der Waals surface area contributed by atoms with E-state index < -0.39 is 57.7 Å². The standard InChI is InChI=1S/C27H20Cl3NO7S/c1-39(36,37)12-11-22(31-25(33)18-13-20(29)21(30)14-19(18)26(31)34)27(35)38-24(16-7-9-17(28)10-8-16)23(32)15-5-3-2-4-6-15/h2-10,13-14,22,24H,11-12H2,1H3/t22-,24+/m1/s1. The lowest BCUT2D eigenvalue weighted by Crippen LogP contribution is -2.47. The number of sulfone groups is 1. The van der Waals surface area contributed by atoms with E-state index in [0.717, 1.165) is 6.26 Å². The van der Waals surface area contributed by atoms with Crippen molar-refractivity contribution in [2.24, 2.45) is 0 Å². The van der Waals surface area contributed by atoms with Gasteiger partial charge in [-0.3, -0.25) is 19.3 Å². The van der Waals surface area contributed by atoms with Crippen LogP contribution in [0.4, 0.5) is 0 Å². The second-order valence-electron chi connectivity index (χ2n) is 8.83. The molecule has 0 spiro atoms. The third-order valence-electron chi connectivity index (χ3n) is 6.01. The molecule has 0 radical (unpaired) electrons. The maximum Gasteiger partial charge on any atom is 0.330 e. The SMILES string of the molecule is CS(=O)(=O)CC[C@H](C(=O)O[C@H](C(=O)c1ccccc1)c1ccc(Cl)cc1)N1C(=O)c2cc(Cl)c(Cl)cc2C1=O. The van der Waals surface area contributed by atoms with Crippen molar-refractivity contribution < 1.29 is 32.3 Å². The number of Topliss-reactive ketones (excluding diaryl/α,β-unsaturated/α-hetero) is 1. The maximum absolute atomic E-state index is 13.6. The number of carbonyl (C=O) groups is 4. The van der Waals surface area contributed by atoms with Crippen molar-refractivity contribution in [3.8, 4) is 0 Å². The lowest BCUT2D eigenvalue weighted by Gasteiger charge is -2.27. The first-order valence-corrected chi connectivity index (χ1v) is 14.7. The number of nitrogens with zero attached hydrogens (tertiary/aromatic N) is 1. The van der Waals surface area contributed by atoms with E-state index in [1.54, 1.807) is 18.2 Å². The number of hydrogen-bond donors (Lipinski definition) is 0. The topological polar surface area (TPSA) is 115 Å². The molecule has 2 amide bonds. The summed E-state index contributed by atoms with van der Waals surface area (Å²) in [4.78, 5) is 54.2. The van der Waals surface area contributed by atoms with E-state index in [0.29, 0.717) is 9.92 Å². The molecule has 3 aromatic carbocycles. The fraction of sp³-hybridized carbons (Fsp3) is 0.185. The van der Waals surface area contributed by atoms with Gasteiger partial charge < -0.3 is 4.74 Å². The normalized spacial score (nSPS) is 14.6. The van der Waals surface area contributed by atoms with Crippen molar-refractivity contribution in [3.05, 3.63) is 104 Å². The highest BCUT2D eigenvalue weighted by Crippen LogP contribution is 2.34. The highest BCUT2D eigenvalue weighted by molar-refractivity contribution is 7.90. The van der Waals surface area contributed by atoms with Crippen LogP contribution in [-0.4, -0.2) is 54.9 Å². The fourth-order valence-corrected chi connectivity index (χ4v) is 5.18. The minimum Gasteiger partial charge on any atom is -0.447 e. The van der Waals surface area contributed by atoms with Crippen molar-refractivity contribution in [3.63, 3.8) is 0 Å². The number of esters is 1. The van der Waals surface area contributed by atoms with Crippen LogP contribution in [0.3, 0.4) is 0 Å². The molecule has 2 atom stereocenters. The summed E-state index contributed by atoms with van der Waals surface area (Å²) in [6.07, 6.45) is -0.985. The van der Waals surface area contributed by atoms with Gasteiger partial charge in [-0.25, -0.2) is 13.2 Å². The monoisotopic (exact) mass is 607 g/mol. The fourth-order valence-electron chi connectivity index (χ4n) is 4.07. The number of rotatable bonds is 9. The maximum atomic E-state index is 13.6. The molecule has 1 heterocycles. The minimum absolute atomic E-state index is 0.0185. The van der Waals surface area contributed by atoms with Crippen molar-refractivity contribution in [1.29, 1.82) is 0 Å². The van der Waals surface area contributed by atoms with Crippen LogP contribution >= 0.6 is 34.8 Å². The smallest absolute Gasteiger partial charge is 0.330 e. The number of halogens is 3. The van der Waals surface area contributed by atoms with Crippen molar-refractivity contribution in [2.75, 3.05) is 12.0 Å². The zero-order valence-electron chi connectivity index (χ0n) is 20.3. The highest BCUT2D eigenvalue weighted by Gasteiger charge is 2.45. The van der Waals surface area contributed by atoms with E-state index in [1.165, 1.54) is 48.5 Å². The summed E-state index contributed by atoms with van der Waals surface area (Å²) in [5.74, 6) is -4.01. The number of imide groups is 1. The average Bonchev–Trinajstić information content (AvgIpc) is 3.12. The summed E-state index contributed by atoms with van der Waals surface area (Å²) in [6, 6.07) is 14.8. The largest absolute Gasteiger partial charge is 0.447 e. The van der Waals surface area contributed by atoms with Gasteiger partial charge in [-0.05, 0) is 30.7 Å². The Morgan fingerprint density at radius 1 is 0.872 bits per heavy atom. The summed E-state index contributed by atoms with van der Waals surface area (Å²) < 4.78 is 29.6. The molecule has 8 nitrogen and oxygen atoms in total. The Kier molecular flexibility index (Phi) is 8.46. The van der Waals surface area contributed by atoms with Crippen molar-refractivity contribution >= 4 is 68.2 Å². The molecule has 0 unspecified atom stereocenters. The molecule has 0 saturated heterocycles. The lowest BCUT2D eigenvalue weighted by molar-refractivity contribution is -0.152. The Bertz CT molecular complexity index is 1530. The van der Waals surface area contributed by atoms with Gasteiger partial charge in [0.25, 0.3) is 11.8 Å². The summed E-state index contributed by atoms with van der Waals surface area (Å²) in [5, 5.41) is 0.417. The molecule has 4 rings (SSSR count). The molecule has 0 saturated carbocycles. The van der Waals surface area contributed by atoms with Gasteiger partial charge >= 0.3 is 5.97 Å². The van der Waals surface area contributed by atoms with Crippen LogP contribution in [0.1, 0.15) is 49.2 Å². The molecule has 3 aromatic rings. The summed E-state index contributed by atoms with van der Waals surface area (Å²) in [6.45, 7) is 0. The zero-order chi connectivity index (χ0) is 28.5. The Morgan fingerprint density at radius 3 is 1.92 bits per heavy atom. The predicted octanol–water partition coefficient (Wildman–Crippen LogP) is 5.21. The summed E-state index contributed by atoms with van der Waals surface area (Å²) in [5.41, 5.74) is 0.328. The summed E-state index contributed by atoms with van der Waals surface area (Å²) in [7, 11) is -3.62. The quantitative estimate of drug-likeness (QED) is 0.186. The van der Waals surface area contributed by atoms with Crippen LogP contribution in [0.25, 0.3) is 0 Å². The second-order valence-corrected chi connectivity index (χ2v) is 12.3. The molecule has 0 fully saturated rings. The van der Waals surface area contributed by atoms with Crippen molar-refractivity contribution in [1.82, 2.24) is 4.90 Å². The van der Waals surface area contributed by atoms with Crippen LogP contribution in [0.15, 0.2) is 66.7 Å². The Morgan fingerprint density at radius 2 is 1.41 bits per heavy atom. The molecular weight excluding hydrogens is 589 g/mol. The van der Waals surface area contributed by atoms with Crippen molar-refractivity contribution in [2.45, 2.75) is 18.6 Å². The molecule has 1 aliphatic heterocycles. The lowest BCUT2D eigenvalue weighted by atomic mass is 9.99. The number of carbonyl (C=O) groups excluding carboxylic acids is 4. The van der Waals surface area contributed by atoms with E-state index in [4.69, 9.17) is 39.5 Å².